The second-order valence-electron chi connectivity index (χ2n) is 5.74. The lowest BCUT2D eigenvalue weighted by Gasteiger charge is -2.34. The normalized spacial score (nSPS) is 21.1. The van der Waals surface area contributed by atoms with E-state index in [1.807, 2.05) is 7.05 Å². The molecule has 1 N–H and O–H groups in total. The number of nitrogens with one attached hydrogen (secondary N) is 1. The van der Waals surface area contributed by atoms with E-state index >= 15 is 0 Å². The predicted octanol–water partition coefficient (Wildman–Crippen LogP) is 1.02. The van der Waals surface area contributed by atoms with Gasteiger partial charge in [-0.15, -0.1) is 0 Å². The Hall–Kier alpha value is -0.890. The summed E-state index contributed by atoms with van der Waals surface area (Å²) in [4.78, 5) is 2.46. The lowest BCUT2D eigenvalue weighted by Crippen LogP contribution is -2.47. The average Bonchev–Trinajstić information content (AvgIpc) is 2.80. The summed E-state index contributed by atoms with van der Waals surface area (Å²) in [6.07, 6.45) is 1.93. The van der Waals surface area contributed by atoms with Gasteiger partial charge < -0.3 is 14.6 Å². The minimum atomic E-state index is -3.51. The molecule has 1 aromatic rings. The first-order valence-electron chi connectivity index (χ1n) is 7.26. The molecule has 0 amide bonds. The fourth-order valence-corrected chi connectivity index (χ4v) is 4.39. The molecular formula is C14H25N3O3S. The zero-order valence-electron chi connectivity index (χ0n) is 13.2. The van der Waals surface area contributed by atoms with E-state index in [-0.39, 0.29) is 10.9 Å². The van der Waals surface area contributed by atoms with Crippen LogP contribution in [0, 0.1) is 6.92 Å². The first kappa shape index (κ1) is 16.5. The van der Waals surface area contributed by atoms with Gasteiger partial charge in [-0.25, -0.2) is 8.42 Å². The summed E-state index contributed by atoms with van der Waals surface area (Å²) in [7, 11) is 2.00. The molecular weight excluding hydrogens is 290 g/mol. The van der Waals surface area contributed by atoms with Crippen molar-refractivity contribution in [2.75, 3.05) is 34.2 Å². The molecule has 1 atom stereocenters. The highest BCUT2D eigenvalue weighted by Crippen LogP contribution is 2.26. The van der Waals surface area contributed by atoms with Crippen LogP contribution >= 0.6 is 0 Å². The summed E-state index contributed by atoms with van der Waals surface area (Å²) in [5, 5.41) is 2.97. The second-order valence-corrected chi connectivity index (χ2v) is 7.71. The molecule has 0 aromatic carbocycles. The zero-order valence-corrected chi connectivity index (χ0v) is 14.0. The van der Waals surface area contributed by atoms with Crippen molar-refractivity contribution in [1.82, 2.24) is 14.5 Å². The smallest absolute Gasteiger partial charge is 0.246 e. The summed E-state index contributed by atoms with van der Waals surface area (Å²) in [6.45, 7) is 4.02. The molecule has 1 fully saturated rings. The molecule has 2 heterocycles. The molecule has 0 radical (unpaired) electrons. The monoisotopic (exact) mass is 315 g/mol. The lowest BCUT2D eigenvalue weighted by atomic mass is 10.1. The number of likely N-dealkylation sites (N-methyl/N-ethyl adjacent to an activating group) is 2. The van der Waals surface area contributed by atoms with Gasteiger partial charge in [-0.05, 0) is 40.4 Å². The summed E-state index contributed by atoms with van der Waals surface area (Å²) >= 11 is 0. The van der Waals surface area contributed by atoms with Crippen molar-refractivity contribution in [2.24, 2.45) is 0 Å². The molecule has 21 heavy (non-hydrogen) atoms. The van der Waals surface area contributed by atoms with Crippen LogP contribution in [0.15, 0.2) is 15.4 Å². The quantitative estimate of drug-likeness (QED) is 0.879. The van der Waals surface area contributed by atoms with E-state index in [9.17, 15) is 8.42 Å². The van der Waals surface area contributed by atoms with Crippen LogP contribution in [0.5, 0.6) is 0 Å². The van der Waals surface area contributed by atoms with Crippen LogP contribution in [0.2, 0.25) is 0 Å². The predicted molar refractivity (Wildman–Crippen MR) is 81.7 cm³/mol. The van der Waals surface area contributed by atoms with Gasteiger partial charge in [0.2, 0.25) is 10.0 Å². The number of furan rings is 1. The standard InChI is InChI=1S/C14H25N3O3S/c1-11-14(8-13(20-11)9-15-2)21(18,19)17(4)12-6-5-7-16(3)10-12/h8,12,15H,5-7,9-10H2,1-4H3. The van der Waals surface area contributed by atoms with Gasteiger partial charge in [0.05, 0.1) is 6.54 Å². The summed E-state index contributed by atoms with van der Waals surface area (Å²) in [5.74, 6) is 1.10. The molecule has 6 nitrogen and oxygen atoms in total. The number of hydrogen-bond acceptors (Lipinski definition) is 5. The van der Waals surface area contributed by atoms with Crippen LogP contribution in [-0.4, -0.2) is 57.9 Å². The number of nitrogens with zero attached hydrogens (tertiary/aromatic N) is 2. The highest BCUT2D eigenvalue weighted by Gasteiger charge is 2.32. The van der Waals surface area contributed by atoms with E-state index in [2.05, 4.69) is 10.2 Å². The van der Waals surface area contributed by atoms with Crippen molar-refractivity contribution in [1.29, 1.82) is 0 Å². The number of piperidine rings is 1. The lowest BCUT2D eigenvalue weighted by molar-refractivity contribution is 0.187. The van der Waals surface area contributed by atoms with E-state index in [0.717, 1.165) is 25.9 Å². The van der Waals surface area contributed by atoms with E-state index in [0.29, 0.717) is 18.1 Å². The average molecular weight is 315 g/mol. The van der Waals surface area contributed by atoms with Crippen molar-refractivity contribution in [3.63, 3.8) is 0 Å². The molecule has 2 rings (SSSR count). The third kappa shape index (κ3) is 3.48. The van der Waals surface area contributed by atoms with Gasteiger partial charge >= 0.3 is 0 Å². The number of sulfonamides is 1. The van der Waals surface area contributed by atoms with Crippen LogP contribution < -0.4 is 5.32 Å². The molecule has 1 aliphatic heterocycles. The number of rotatable bonds is 5. The van der Waals surface area contributed by atoms with E-state index in [4.69, 9.17) is 4.42 Å². The molecule has 7 heteroatoms. The molecule has 120 valence electrons. The van der Waals surface area contributed by atoms with Gasteiger partial charge in [0.1, 0.15) is 16.4 Å². The van der Waals surface area contributed by atoms with Gasteiger partial charge in [0.15, 0.2) is 0 Å². The maximum absolute atomic E-state index is 12.8. The van der Waals surface area contributed by atoms with Crippen molar-refractivity contribution in [3.8, 4) is 0 Å². The third-order valence-electron chi connectivity index (χ3n) is 4.05. The van der Waals surface area contributed by atoms with E-state index in [1.54, 1.807) is 27.1 Å². The van der Waals surface area contributed by atoms with Crippen LogP contribution in [0.1, 0.15) is 24.4 Å². The number of likely N-dealkylation sites (tertiary alicyclic amines) is 1. The van der Waals surface area contributed by atoms with E-state index in [1.165, 1.54) is 4.31 Å². The molecule has 0 saturated carbocycles. The Labute approximate surface area is 127 Å². The summed E-state index contributed by atoms with van der Waals surface area (Å²) < 4.78 is 32.6. The van der Waals surface area contributed by atoms with Crippen LogP contribution in [0.25, 0.3) is 0 Å². The van der Waals surface area contributed by atoms with Crippen LogP contribution in [-0.2, 0) is 16.6 Å². The van der Waals surface area contributed by atoms with Gasteiger partial charge in [0, 0.05) is 25.7 Å². The summed E-state index contributed by atoms with van der Waals surface area (Å²) in [5.41, 5.74) is 0. The second kappa shape index (κ2) is 6.48. The van der Waals surface area contributed by atoms with Crippen molar-refractivity contribution in [2.45, 2.75) is 37.2 Å². The Balaban J connectivity index is 2.24. The first-order valence-corrected chi connectivity index (χ1v) is 8.70. The number of aryl methyl sites for hydroxylation is 1. The van der Waals surface area contributed by atoms with Gasteiger partial charge in [0.25, 0.3) is 0 Å². The molecule has 1 aliphatic rings. The molecule has 0 bridgehead atoms. The Kier molecular flexibility index (Phi) is 5.08. The molecule has 1 aromatic heterocycles. The fraction of sp³-hybridized carbons (Fsp3) is 0.714. The molecule has 0 spiro atoms. The molecule has 1 saturated heterocycles. The highest BCUT2D eigenvalue weighted by molar-refractivity contribution is 7.89. The van der Waals surface area contributed by atoms with Crippen molar-refractivity contribution >= 4 is 10.0 Å². The Morgan fingerprint density at radius 1 is 1.52 bits per heavy atom. The van der Waals surface area contributed by atoms with E-state index < -0.39 is 10.0 Å². The molecule has 0 aliphatic carbocycles. The highest BCUT2D eigenvalue weighted by atomic mass is 32.2. The van der Waals surface area contributed by atoms with Crippen molar-refractivity contribution < 1.29 is 12.8 Å². The van der Waals surface area contributed by atoms with Crippen LogP contribution in [0.4, 0.5) is 0 Å². The topological polar surface area (TPSA) is 65.8 Å². The third-order valence-corrected chi connectivity index (χ3v) is 6.06. The first-order chi connectivity index (χ1) is 9.86. The Morgan fingerprint density at radius 3 is 2.86 bits per heavy atom. The van der Waals surface area contributed by atoms with Gasteiger partial charge in [-0.1, -0.05) is 0 Å². The summed E-state index contributed by atoms with van der Waals surface area (Å²) in [6, 6.07) is 1.65. The number of hydrogen-bond donors (Lipinski definition) is 1. The van der Waals surface area contributed by atoms with Crippen LogP contribution in [0.3, 0.4) is 0 Å². The van der Waals surface area contributed by atoms with Crippen molar-refractivity contribution in [3.05, 3.63) is 17.6 Å². The minimum absolute atomic E-state index is 0.0239. The fourth-order valence-electron chi connectivity index (χ4n) is 2.83. The minimum Gasteiger partial charge on any atom is -0.464 e. The SMILES string of the molecule is CNCc1cc(S(=O)(=O)N(C)C2CCCN(C)C2)c(C)o1. The van der Waals surface area contributed by atoms with Gasteiger partial charge in [-0.3, -0.25) is 0 Å². The Bertz CT molecular complexity index is 582. The maximum Gasteiger partial charge on any atom is 0.246 e. The largest absolute Gasteiger partial charge is 0.464 e. The Morgan fingerprint density at radius 2 is 2.24 bits per heavy atom. The van der Waals surface area contributed by atoms with Gasteiger partial charge in [-0.2, -0.15) is 4.31 Å². The molecule has 1 unspecified atom stereocenters. The maximum atomic E-state index is 12.8. The zero-order chi connectivity index (χ0) is 15.6.